The molecule has 0 heterocycles. The van der Waals surface area contributed by atoms with Crippen LogP contribution in [0, 0.1) is 0 Å². The first-order valence-corrected chi connectivity index (χ1v) is 8.45. The number of nitrogens with one attached hydrogen (secondary N) is 2. The summed E-state index contributed by atoms with van der Waals surface area (Å²) >= 11 is 5.15. The van der Waals surface area contributed by atoms with Crippen LogP contribution in [-0.4, -0.2) is 48.2 Å². The van der Waals surface area contributed by atoms with Gasteiger partial charge >= 0.3 is 0 Å². The molecule has 0 bridgehead atoms. The normalized spacial score (nSPS) is 10.7. The van der Waals surface area contributed by atoms with Crippen LogP contribution in [-0.2, 0) is 0 Å². The monoisotopic (exact) mass is 337 g/mol. The highest BCUT2D eigenvalue weighted by atomic mass is 32.1. The Morgan fingerprint density at radius 2 is 1.83 bits per heavy atom. The van der Waals surface area contributed by atoms with Crippen molar-refractivity contribution in [2.45, 2.75) is 33.8 Å². The Bertz CT molecular complexity index is 499. The lowest BCUT2D eigenvalue weighted by Crippen LogP contribution is -2.42. The third-order valence-electron chi connectivity index (χ3n) is 3.32. The van der Waals surface area contributed by atoms with Crippen LogP contribution in [0.5, 0.6) is 5.75 Å². The molecule has 23 heavy (non-hydrogen) atoms. The zero-order chi connectivity index (χ0) is 17.2. The highest BCUT2D eigenvalue weighted by molar-refractivity contribution is 7.80. The Labute approximate surface area is 144 Å². The highest BCUT2D eigenvalue weighted by Gasteiger charge is 2.08. The van der Waals surface area contributed by atoms with Crippen molar-refractivity contribution in [2.24, 2.45) is 0 Å². The zero-order valence-electron chi connectivity index (χ0n) is 14.4. The molecule has 0 saturated heterocycles. The van der Waals surface area contributed by atoms with E-state index in [9.17, 15) is 4.79 Å². The number of likely N-dealkylation sites (N-methyl/N-ethyl adjacent to an activating group) is 1. The van der Waals surface area contributed by atoms with E-state index in [4.69, 9.17) is 17.0 Å². The number of hydrogen-bond acceptors (Lipinski definition) is 4. The Hall–Kier alpha value is -1.66. The minimum absolute atomic E-state index is 0.109. The molecule has 0 fully saturated rings. The van der Waals surface area contributed by atoms with Gasteiger partial charge in [-0.15, -0.1) is 0 Å². The number of nitrogens with zero attached hydrogens (tertiary/aromatic N) is 1. The van der Waals surface area contributed by atoms with E-state index in [2.05, 4.69) is 29.4 Å². The smallest absolute Gasteiger partial charge is 0.257 e. The predicted octanol–water partition coefficient (Wildman–Crippen LogP) is 2.42. The van der Waals surface area contributed by atoms with Crippen molar-refractivity contribution in [3.05, 3.63) is 29.8 Å². The average Bonchev–Trinajstić information content (AvgIpc) is 2.51. The summed E-state index contributed by atoms with van der Waals surface area (Å²) in [5.41, 5.74) is 0.550. The number of carbonyl (C=O) groups excluding carboxylic acids is 1. The molecule has 5 nitrogen and oxygen atoms in total. The van der Waals surface area contributed by atoms with Crippen molar-refractivity contribution in [1.82, 2.24) is 15.5 Å². The van der Waals surface area contributed by atoms with Crippen LogP contribution in [0.4, 0.5) is 0 Å². The minimum Gasteiger partial charge on any atom is -0.491 e. The summed E-state index contributed by atoms with van der Waals surface area (Å²) in [7, 11) is 0. The molecule has 1 rings (SSSR count). The fraction of sp³-hybridized carbons (Fsp3) is 0.529. The van der Waals surface area contributed by atoms with E-state index in [1.165, 1.54) is 0 Å². The van der Waals surface area contributed by atoms with E-state index < -0.39 is 0 Å². The molecule has 0 aromatic heterocycles. The van der Waals surface area contributed by atoms with E-state index in [-0.39, 0.29) is 12.0 Å². The van der Waals surface area contributed by atoms with Crippen molar-refractivity contribution in [2.75, 3.05) is 26.2 Å². The number of benzene rings is 1. The molecule has 0 saturated carbocycles. The molecule has 0 spiro atoms. The van der Waals surface area contributed by atoms with Gasteiger partial charge in [-0.3, -0.25) is 10.1 Å². The van der Waals surface area contributed by atoms with E-state index in [1.807, 2.05) is 13.8 Å². The number of ether oxygens (including phenoxy) is 1. The van der Waals surface area contributed by atoms with Crippen LogP contribution in [0.25, 0.3) is 0 Å². The zero-order valence-corrected chi connectivity index (χ0v) is 15.2. The topological polar surface area (TPSA) is 53.6 Å². The lowest BCUT2D eigenvalue weighted by Gasteiger charge is -2.18. The summed E-state index contributed by atoms with van der Waals surface area (Å²) in [5.74, 6) is 0.526. The van der Waals surface area contributed by atoms with Crippen LogP contribution in [0.2, 0.25) is 0 Å². The number of thiocarbonyl (C=S) groups is 1. The Kier molecular flexibility index (Phi) is 8.58. The van der Waals surface area contributed by atoms with Crippen molar-refractivity contribution < 1.29 is 9.53 Å². The molecule has 0 aliphatic rings. The van der Waals surface area contributed by atoms with Gasteiger partial charge < -0.3 is 15.0 Å². The molecule has 1 aromatic carbocycles. The first-order chi connectivity index (χ1) is 11.0. The summed E-state index contributed by atoms with van der Waals surface area (Å²) in [5, 5.41) is 6.09. The van der Waals surface area contributed by atoms with E-state index in [0.717, 1.165) is 25.4 Å². The van der Waals surface area contributed by atoms with Crippen LogP contribution >= 0.6 is 12.2 Å². The van der Waals surface area contributed by atoms with Gasteiger partial charge in [-0.2, -0.15) is 0 Å². The van der Waals surface area contributed by atoms with Gasteiger partial charge in [-0.05, 0) is 63.4 Å². The van der Waals surface area contributed by atoms with Crippen molar-refractivity contribution in [3.63, 3.8) is 0 Å². The lowest BCUT2D eigenvalue weighted by molar-refractivity contribution is 0.0976. The summed E-state index contributed by atoms with van der Waals surface area (Å²) < 4.78 is 5.55. The van der Waals surface area contributed by atoms with Gasteiger partial charge in [0.05, 0.1) is 6.10 Å². The molecular formula is C17H27N3O2S. The van der Waals surface area contributed by atoms with E-state index in [0.29, 0.717) is 17.2 Å². The molecule has 2 N–H and O–H groups in total. The summed E-state index contributed by atoms with van der Waals surface area (Å²) in [6.07, 6.45) is 0.109. The van der Waals surface area contributed by atoms with Crippen LogP contribution in [0.3, 0.4) is 0 Å². The molecule has 1 amide bonds. The molecule has 0 radical (unpaired) electrons. The number of amides is 1. The van der Waals surface area contributed by atoms with Crippen LogP contribution in [0.1, 0.15) is 38.1 Å². The van der Waals surface area contributed by atoms with Crippen molar-refractivity contribution >= 4 is 23.2 Å². The van der Waals surface area contributed by atoms with Gasteiger partial charge in [-0.25, -0.2) is 0 Å². The average molecular weight is 337 g/mol. The Balaban J connectivity index is 2.41. The van der Waals surface area contributed by atoms with Gasteiger partial charge in [0.25, 0.3) is 5.91 Å². The first-order valence-electron chi connectivity index (χ1n) is 8.04. The largest absolute Gasteiger partial charge is 0.491 e. The predicted molar refractivity (Wildman–Crippen MR) is 98.1 cm³/mol. The van der Waals surface area contributed by atoms with E-state index >= 15 is 0 Å². The second-order valence-electron chi connectivity index (χ2n) is 5.43. The fourth-order valence-corrected chi connectivity index (χ4v) is 2.24. The summed E-state index contributed by atoms with van der Waals surface area (Å²) in [6, 6.07) is 7.02. The summed E-state index contributed by atoms with van der Waals surface area (Å²) in [6.45, 7) is 11.8. The fourth-order valence-electron chi connectivity index (χ4n) is 2.04. The maximum absolute atomic E-state index is 12.1. The molecule has 0 unspecified atom stereocenters. The van der Waals surface area contributed by atoms with Gasteiger partial charge in [0.2, 0.25) is 0 Å². The van der Waals surface area contributed by atoms with Crippen LogP contribution in [0.15, 0.2) is 24.3 Å². The first kappa shape index (κ1) is 19.4. The summed E-state index contributed by atoms with van der Waals surface area (Å²) in [4.78, 5) is 14.4. The maximum atomic E-state index is 12.1. The van der Waals surface area contributed by atoms with Gasteiger partial charge in [-0.1, -0.05) is 13.8 Å². The second-order valence-corrected chi connectivity index (χ2v) is 5.84. The minimum atomic E-state index is -0.221. The molecular weight excluding hydrogens is 310 g/mol. The standard InChI is InChI=1S/C17H27N3O2S/c1-5-20(6-2)12-11-18-17(23)19-16(21)14-7-9-15(10-8-14)22-13(3)4/h7-10,13H,5-6,11-12H2,1-4H3,(H2,18,19,21,23). The SMILES string of the molecule is CCN(CC)CCNC(=S)NC(=O)c1ccc(OC(C)C)cc1. The highest BCUT2D eigenvalue weighted by Crippen LogP contribution is 2.13. The number of hydrogen-bond donors (Lipinski definition) is 2. The van der Waals surface area contributed by atoms with E-state index in [1.54, 1.807) is 24.3 Å². The molecule has 1 aromatic rings. The van der Waals surface area contributed by atoms with Gasteiger partial charge in [0.15, 0.2) is 5.11 Å². The maximum Gasteiger partial charge on any atom is 0.257 e. The van der Waals surface area contributed by atoms with Gasteiger partial charge in [0.1, 0.15) is 5.75 Å². The van der Waals surface area contributed by atoms with Crippen molar-refractivity contribution in [3.8, 4) is 5.75 Å². The molecule has 128 valence electrons. The van der Waals surface area contributed by atoms with Crippen molar-refractivity contribution in [1.29, 1.82) is 0 Å². The van der Waals surface area contributed by atoms with Gasteiger partial charge in [0, 0.05) is 18.7 Å². The van der Waals surface area contributed by atoms with Crippen LogP contribution < -0.4 is 15.4 Å². The Morgan fingerprint density at radius 3 is 2.35 bits per heavy atom. The third kappa shape index (κ3) is 7.43. The number of rotatable bonds is 8. The quantitative estimate of drug-likeness (QED) is 0.714. The molecule has 0 atom stereocenters. The number of carbonyl (C=O) groups is 1. The Morgan fingerprint density at radius 1 is 1.22 bits per heavy atom. The lowest BCUT2D eigenvalue weighted by atomic mass is 10.2. The molecule has 0 aliphatic heterocycles. The molecule has 0 aliphatic carbocycles. The second kappa shape index (κ2) is 10.2. The third-order valence-corrected chi connectivity index (χ3v) is 3.57. The molecule has 6 heteroatoms.